The molecule has 3 aromatic carbocycles. The zero-order valence-corrected chi connectivity index (χ0v) is 14.5. The normalized spacial score (nSPS) is 11.5. The van der Waals surface area contributed by atoms with Crippen LogP contribution in [0.25, 0.3) is 0 Å². The Kier molecular flexibility index (Phi) is 5.85. The van der Waals surface area contributed by atoms with Crippen LogP contribution in [0.2, 0.25) is 5.02 Å². The second-order valence-corrected chi connectivity index (χ2v) is 5.72. The van der Waals surface area contributed by atoms with Crippen molar-refractivity contribution in [3.05, 3.63) is 95.5 Å². The SMILES string of the molecule is O=C(/C(N=Nc1ccccc1)=N/Nc1ccccc1)c1ccc(Cl)cc1. The summed E-state index contributed by atoms with van der Waals surface area (Å²) in [5.74, 6) is -0.412. The highest BCUT2D eigenvalue weighted by molar-refractivity contribution is 6.45. The van der Waals surface area contributed by atoms with E-state index in [-0.39, 0.29) is 11.6 Å². The second-order valence-electron chi connectivity index (χ2n) is 5.28. The first-order valence-electron chi connectivity index (χ1n) is 7.88. The highest BCUT2D eigenvalue weighted by Crippen LogP contribution is 2.14. The van der Waals surface area contributed by atoms with Crippen molar-refractivity contribution in [3.63, 3.8) is 0 Å². The number of hydrogen-bond donors (Lipinski definition) is 1. The largest absolute Gasteiger partial charge is 0.285 e. The molecule has 128 valence electrons. The summed E-state index contributed by atoms with van der Waals surface area (Å²) in [7, 11) is 0. The Labute approximate surface area is 156 Å². The summed E-state index contributed by atoms with van der Waals surface area (Å²) in [5, 5.41) is 12.8. The molecule has 0 saturated heterocycles. The fourth-order valence-electron chi connectivity index (χ4n) is 2.08. The van der Waals surface area contributed by atoms with Gasteiger partial charge in [-0.2, -0.15) is 0 Å². The molecule has 1 N–H and O–H groups in total. The topological polar surface area (TPSA) is 66.2 Å². The maximum Gasteiger partial charge on any atom is 0.241 e. The monoisotopic (exact) mass is 362 g/mol. The number of hydrazone groups is 1. The van der Waals surface area contributed by atoms with E-state index >= 15 is 0 Å². The summed E-state index contributed by atoms with van der Waals surface area (Å²) in [6, 6.07) is 25.0. The summed E-state index contributed by atoms with van der Waals surface area (Å²) in [6.45, 7) is 0. The van der Waals surface area contributed by atoms with Crippen LogP contribution in [0.15, 0.2) is 100 Å². The molecular formula is C20H15ClN4O. The summed E-state index contributed by atoms with van der Waals surface area (Å²) >= 11 is 5.88. The predicted octanol–water partition coefficient (Wildman–Crippen LogP) is 5.73. The van der Waals surface area contributed by atoms with E-state index in [1.165, 1.54) is 0 Å². The van der Waals surface area contributed by atoms with Gasteiger partial charge in [-0.1, -0.05) is 48.0 Å². The maximum absolute atomic E-state index is 12.7. The summed E-state index contributed by atoms with van der Waals surface area (Å²) in [6.07, 6.45) is 0. The van der Waals surface area contributed by atoms with E-state index in [2.05, 4.69) is 20.8 Å². The van der Waals surface area contributed by atoms with Gasteiger partial charge in [0.05, 0.1) is 11.4 Å². The number of carbonyl (C=O) groups is 1. The first kappa shape index (κ1) is 17.5. The molecule has 0 radical (unpaired) electrons. The van der Waals surface area contributed by atoms with Crippen molar-refractivity contribution >= 4 is 34.6 Å². The minimum absolute atomic E-state index is 0.0555. The van der Waals surface area contributed by atoms with E-state index in [1.54, 1.807) is 36.4 Å². The first-order valence-corrected chi connectivity index (χ1v) is 8.26. The third-order valence-electron chi connectivity index (χ3n) is 3.39. The van der Waals surface area contributed by atoms with E-state index in [0.29, 0.717) is 16.3 Å². The minimum atomic E-state index is -0.357. The van der Waals surface area contributed by atoms with Gasteiger partial charge in [-0.05, 0) is 48.5 Å². The van der Waals surface area contributed by atoms with Crippen LogP contribution in [-0.4, -0.2) is 11.6 Å². The van der Waals surface area contributed by atoms with E-state index in [1.807, 2.05) is 48.5 Å². The zero-order valence-electron chi connectivity index (χ0n) is 13.7. The van der Waals surface area contributed by atoms with Crippen LogP contribution < -0.4 is 5.43 Å². The molecule has 5 nitrogen and oxygen atoms in total. The number of rotatable bonds is 5. The lowest BCUT2D eigenvalue weighted by Crippen LogP contribution is -2.13. The number of carbonyl (C=O) groups excluding carboxylic acids is 1. The Hall–Kier alpha value is -3.31. The number of ketones is 1. The molecule has 0 bridgehead atoms. The molecule has 0 fully saturated rings. The highest BCUT2D eigenvalue weighted by atomic mass is 35.5. The molecule has 0 spiro atoms. The van der Waals surface area contributed by atoms with Gasteiger partial charge in [-0.15, -0.1) is 15.3 Å². The van der Waals surface area contributed by atoms with E-state index in [4.69, 9.17) is 11.6 Å². The molecule has 0 unspecified atom stereocenters. The Morgan fingerprint density at radius 3 is 2.08 bits per heavy atom. The maximum atomic E-state index is 12.7. The number of halogens is 1. The first-order chi connectivity index (χ1) is 12.7. The standard InChI is InChI=1S/C20H15ClN4O/c21-16-13-11-15(12-14-16)19(26)20(24-22-17-7-3-1-4-8-17)25-23-18-9-5-2-6-10-18/h1-14,22H/b24-20-,25-23?. The average Bonchev–Trinajstić information content (AvgIpc) is 2.70. The number of benzene rings is 3. The average molecular weight is 363 g/mol. The predicted molar refractivity (Wildman–Crippen MR) is 104 cm³/mol. The molecule has 0 atom stereocenters. The number of anilines is 1. The number of nitrogens with zero attached hydrogens (tertiary/aromatic N) is 3. The molecule has 0 heterocycles. The fraction of sp³-hybridized carbons (Fsp3) is 0. The summed E-state index contributed by atoms with van der Waals surface area (Å²) in [4.78, 5) is 12.7. The smallest absolute Gasteiger partial charge is 0.241 e. The minimum Gasteiger partial charge on any atom is -0.285 e. The number of nitrogens with one attached hydrogen (secondary N) is 1. The van der Waals surface area contributed by atoms with Crippen LogP contribution in [0.1, 0.15) is 10.4 Å². The second kappa shape index (κ2) is 8.69. The van der Waals surface area contributed by atoms with Gasteiger partial charge < -0.3 is 0 Å². The molecular weight excluding hydrogens is 348 g/mol. The third kappa shape index (κ3) is 4.84. The van der Waals surface area contributed by atoms with Gasteiger partial charge in [0.2, 0.25) is 11.6 Å². The van der Waals surface area contributed by atoms with Crippen LogP contribution in [0.4, 0.5) is 11.4 Å². The van der Waals surface area contributed by atoms with Crippen LogP contribution in [0.3, 0.4) is 0 Å². The number of para-hydroxylation sites is 1. The highest BCUT2D eigenvalue weighted by Gasteiger charge is 2.14. The van der Waals surface area contributed by atoms with Gasteiger partial charge >= 0.3 is 0 Å². The Morgan fingerprint density at radius 2 is 1.42 bits per heavy atom. The lowest BCUT2D eigenvalue weighted by molar-refractivity contribution is 0.106. The molecule has 3 rings (SSSR count). The molecule has 6 heteroatoms. The molecule has 0 amide bonds. The Morgan fingerprint density at radius 1 is 0.808 bits per heavy atom. The molecule has 0 saturated carbocycles. The van der Waals surface area contributed by atoms with E-state index in [0.717, 1.165) is 5.69 Å². The molecule has 0 aromatic heterocycles. The number of Topliss-reactive ketones (excluding diaryl/α,β-unsaturated/α-hetero) is 1. The van der Waals surface area contributed by atoms with Crippen molar-refractivity contribution in [2.24, 2.45) is 15.3 Å². The van der Waals surface area contributed by atoms with Gasteiger partial charge in [-0.3, -0.25) is 10.2 Å². The molecule has 26 heavy (non-hydrogen) atoms. The number of azo groups is 1. The third-order valence-corrected chi connectivity index (χ3v) is 3.64. The quantitative estimate of drug-likeness (QED) is 0.207. The van der Waals surface area contributed by atoms with Crippen LogP contribution in [-0.2, 0) is 0 Å². The molecule has 3 aromatic rings. The number of amidine groups is 1. The van der Waals surface area contributed by atoms with Crippen molar-refractivity contribution in [2.45, 2.75) is 0 Å². The van der Waals surface area contributed by atoms with Crippen molar-refractivity contribution < 1.29 is 4.79 Å². The van der Waals surface area contributed by atoms with Gasteiger partial charge in [0.1, 0.15) is 0 Å². The van der Waals surface area contributed by atoms with E-state index < -0.39 is 0 Å². The molecule has 0 aliphatic rings. The van der Waals surface area contributed by atoms with Gasteiger partial charge in [0.15, 0.2) is 0 Å². The van der Waals surface area contributed by atoms with Crippen LogP contribution >= 0.6 is 11.6 Å². The zero-order chi connectivity index (χ0) is 18.2. The van der Waals surface area contributed by atoms with Gasteiger partial charge in [-0.25, -0.2) is 0 Å². The Bertz CT molecular complexity index is 923. The van der Waals surface area contributed by atoms with E-state index in [9.17, 15) is 4.79 Å². The summed E-state index contributed by atoms with van der Waals surface area (Å²) < 4.78 is 0. The molecule has 0 aliphatic heterocycles. The lowest BCUT2D eigenvalue weighted by Gasteiger charge is -2.03. The van der Waals surface area contributed by atoms with Crippen molar-refractivity contribution in [1.29, 1.82) is 0 Å². The van der Waals surface area contributed by atoms with Crippen molar-refractivity contribution in [1.82, 2.24) is 0 Å². The van der Waals surface area contributed by atoms with Gasteiger partial charge in [0.25, 0.3) is 0 Å². The fourth-order valence-corrected chi connectivity index (χ4v) is 2.20. The summed E-state index contributed by atoms with van der Waals surface area (Å²) in [5.41, 5.74) is 4.62. The van der Waals surface area contributed by atoms with Crippen molar-refractivity contribution in [2.75, 3.05) is 5.43 Å². The van der Waals surface area contributed by atoms with Crippen LogP contribution in [0, 0.1) is 0 Å². The van der Waals surface area contributed by atoms with Gasteiger partial charge in [0, 0.05) is 10.6 Å². The van der Waals surface area contributed by atoms with Crippen molar-refractivity contribution in [3.8, 4) is 0 Å². The Balaban J connectivity index is 1.88. The lowest BCUT2D eigenvalue weighted by atomic mass is 10.1. The molecule has 0 aliphatic carbocycles. The number of hydrogen-bond acceptors (Lipinski definition) is 4. The van der Waals surface area contributed by atoms with Crippen LogP contribution in [0.5, 0.6) is 0 Å².